The van der Waals surface area contributed by atoms with E-state index in [1.165, 1.54) is 0 Å². The predicted octanol–water partition coefficient (Wildman–Crippen LogP) is 1.62. The first-order valence-electron chi connectivity index (χ1n) is 7.66. The van der Waals surface area contributed by atoms with Crippen molar-refractivity contribution >= 4 is 18.3 Å². The minimum Gasteiger partial charge on any atom is -0.378 e. The monoisotopic (exact) mass is 320 g/mol. The molecule has 0 aromatic heterocycles. The average Bonchev–Trinajstić information content (AvgIpc) is 2.92. The van der Waals surface area contributed by atoms with Gasteiger partial charge in [-0.05, 0) is 26.7 Å². The summed E-state index contributed by atoms with van der Waals surface area (Å²) in [4.78, 5) is 12.5. The number of nitrogens with one attached hydrogen (secondary N) is 1. The van der Waals surface area contributed by atoms with E-state index in [1.807, 2.05) is 27.7 Å². The number of hydrogen-bond donors (Lipinski definition) is 2. The van der Waals surface area contributed by atoms with Crippen LogP contribution in [0.4, 0.5) is 0 Å². The van der Waals surface area contributed by atoms with Gasteiger partial charge in [0.05, 0.1) is 18.2 Å². The lowest BCUT2D eigenvalue weighted by atomic mass is 9.54. The molecule has 2 rings (SSSR count). The summed E-state index contributed by atoms with van der Waals surface area (Å²) in [5, 5.41) is 3.04. The van der Waals surface area contributed by atoms with Gasteiger partial charge in [0.15, 0.2) is 0 Å². The molecular weight excluding hydrogens is 292 g/mol. The van der Waals surface area contributed by atoms with Gasteiger partial charge < -0.3 is 20.5 Å². The molecule has 1 aliphatic carbocycles. The van der Waals surface area contributed by atoms with Crippen LogP contribution < -0.4 is 11.1 Å². The number of nitrogens with two attached hydrogens (primary N) is 1. The largest absolute Gasteiger partial charge is 0.378 e. The van der Waals surface area contributed by atoms with Crippen molar-refractivity contribution in [1.29, 1.82) is 0 Å². The molecule has 1 heterocycles. The van der Waals surface area contributed by atoms with E-state index in [2.05, 4.69) is 5.32 Å². The normalized spacial score (nSPS) is 35.5. The van der Waals surface area contributed by atoms with E-state index < -0.39 is 5.54 Å². The molecule has 4 unspecified atom stereocenters. The molecular formula is C15H29ClN2O3. The van der Waals surface area contributed by atoms with Crippen LogP contribution in [0.5, 0.6) is 0 Å². The number of carbonyl (C=O) groups excluding carboxylic acids is 1. The molecule has 21 heavy (non-hydrogen) atoms. The molecule has 4 atom stereocenters. The summed E-state index contributed by atoms with van der Waals surface area (Å²) in [6, 6.07) is 0.00682. The molecule has 0 aromatic rings. The number of ether oxygens (including phenoxy) is 2. The second kappa shape index (κ2) is 6.82. The maximum atomic E-state index is 12.5. The minimum absolute atomic E-state index is 0. The van der Waals surface area contributed by atoms with Gasteiger partial charge in [-0.2, -0.15) is 0 Å². The summed E-state index contributed by atoms with van der Waals surface area (Å²) in [7, 11) is 0. The smallest absolute Gasteiger partial charge is 0.241 e. The molecule has 0 spiro atoms. The molecule has 0 bridgehead atoms. The lowest BCUT2D eigenvalue weighted by molar-refractivity contribution is -0.171. The molecule has 3 N–H and O–H groups in total. The van der Waals surface area contributed by atoms with E-state index in [1.54, 1.807) is 0 Å². The molecule has 1 amide bonds. The first kappa shape index (κ1) is 18.7. The fourth-order valence-corrected chi connectivity index (χ4v) is 3.25. The second-order valence-electron chi connectivity index (χ2n) is 6.65. The lowest BCUT2D eigenvalue weighted by Crippen LogP contribution is -2.76. The number of carbonyl (C=O) groups is 1. The molecule has 1 saturated heterocycles. The maximum absolute atomic E-state index is 12.5. The van der Waals surface area contributed by atoms with Crippen molar-refractivity contribution in [3.8, 4) is 0 Å². The van der Waals surface area contributed by atoms with Crippen molar-refractivity contribution < 1.29 is 14.3 Å². The van der Waals surface area contributed by atoms with Crippen LogP contribution in [0.2, 0.25) is 0 Å². The molecule has 124 valence electrons. The molecule has 1 saturated carbocycles. The fourth-order valence-electron chi connectivity index (χ4n) is 3.25. The van der Waals surface area contributed by atoms with Crippen LogP contribution in [0.15, 0.2) is 0 Å². The van der Waals surface area contributed by atoms with Gasteiger partial charge in [-0.25, -0.2) is 0 Å². The van der Waals surface area contributed by atoms with Crippen LogP contribution in [-0.2, 0) is 14.3 Å². The maximum Gasteiger partial charge on any atom is 0.241 e. The highest BCUT2D eigenvalue weighted by atomic mass is 35.5. The fraction of sp³-hybridized carbons (Fsp3) is 0.933. The average molecular weight is 321 g/mol. The zero-order chi connectivity index (χ0) is 15.0. The second-order valence-corrected chi connectivity index (χ2v) is 6.65. The van der Waals surface area contributed by atoms with Crippen LogP contribution in [0.1, 0.15) is 47.0 Å². The highest BCUT2D eigenvalue weighted by Crippen LogP contribution is 2.49. The Hall–Kier alpha value is -0.360. The molecule has 0 aromatic carbocycles. The lowest BCUT2D eigenvalue weighted by Gasteiger charge is -2.57. The van der Waals surface area contributed by atoms with Gasteiger partial charge in [-0.15, -0.1) is 12.4 Å². The van der Waals surface area contributed by atoms with Crippen LogP contribution in [-0.4, -0.2) is 42.9 Å². The van der Waals surface area contributed by atoms with Crippen LogP contribution >= 0.6 is 12.4 Å². The SMILES string of the molecule is CCOC1CC(N)(C(=O)NC(C)C2CCCO2)C1(C)C.Cl. The zero-order valence-corrected chi connectivity index (χ0v) is 14.3. The van der Waals surface area contributed by atoms with Crippen LogP contribution in [0, 0.1) is 5.41 Å². The van der Waals surface area contributed by atoms with Crippen molar-refractivity contribution in [2.45, 2.75) is 70.7 Å². The van der Waals surface area contributed by atoms with Gasteiger partial charge in [-0.3, -0.25) is 4.79 Å². The summed E-state index contributed by atoms with van der Waals surface area (Å²) in [5.74, 6) is -0.0820. The molecule has 5 nitrogen and oxygen atoms in total. The summed E-state index contributed by atoms with van der Waals surface area (Å²) in [6.07, 6.45) is 2.83. The van der Waals surface area contributed by atoms with Gasteiger partial charge in [0.25, 0.3) is 0 Å². The number of rotatable bonds is 5. The van der Waals surface area contributed by atoms with Crippen molar-refractivity contribution in [1.82, 2.24) is 5.32 Å². The Kier molecular flexibility index (Phi) is 6.07. The highest BCUT2D eigenvalue weighted by molar-refractivity contribution is 5.89. The van der Waals surface area contributed by atoms with Crippen molar-refractivity contribution in [3.05, 3.63) is 0 Å². The van der Waals surface area contributed by atoms with E-state index in [9.17, 15) is 4.79 Å². The third kappa shape index (κ3) is 3.21. The van der Waals surface area contributed by atoms with Crippen LogP contribution in [0.25, 0.3) is 0 Å². The Balaban J connectivity index is 0.00000220. The zero-order valence-electron chi connectivity index (χ0n) is 13.5. The molecule has 2 aliphatic rings. The van der Waals surface area contributed by atoms with Gasteiger partial charge >= 0.3 is 0 Å². The van der Waals surface area contributed by atoms with Gasteiger partial charge in [0.1, 0.15) is 5.54 Å². The molecule has 0 radical (unpaired) electrons. The summed E-state index contributed by atoms with van der Waals surface area (Å²) in [6.45, 7) is 9.41. The first-order chi connectivity index (χ1) is 9.33. The van der Waals surface area contributed by atoms with Crippen molar-refractivity contribution in [2.75, 3.05) is 13.2 Å². The standard InChI is InChI=1S/C15H28N2O3.ClH/c1-5-19-12-9-15(16,14(12,3)4)13(18)17-10(2)11-7-6-8-20-11;/h10-12H,5-9,16H2,1-4H3,(H,17,18);1H. The third-order valence-corrected chi connectivity index (χ3v) is 5.12. The quantitative estimate of drug-likeness (QED) is 0.807. The highest BCUT2D eigenvalue weighted by Gasteiger charge is 2.63. The Morgan fingerprint density at radius 2 is 2.19 bits per heavy atom. The van der Waals surface area contributed by atoms with E-state index in [0.29, 0.717) is 13.0 Å². The predicted molar refractivity (Wildman–Crippen MR) is 84.6 cm³/mol. The topological polar surface area (TPSA) is 73.6 Å². The van der Waals surface area contributed by atoms with Crippen molar-refractivity contribution in [3.63, 3.8) is 0 Å². The molecule has 2 fully saturated rings. The van der Waals surface area contributed by atoms with Gasteiger partial charge in [0, 0.05) is 25.0 Å². The van der Waals surface area contributed by atoms with E-state index in [0.717, 1.165) is 19.4 Å². The summed E-state index contributed by atoms with van der Waals surface area (Å²) >= 11 is 0. The number of halogens is 1. The summed E-state index contributed by atoms with van der Waals surface area (Å²) < 4.78 is 11.3. The Bertz CT molecular complexity index is 372. The van der Waals surface area contributed by atoms with Crippen molar-refractivity contribution in [2.24, 2.45) is 11.1 Å². The Morgan fingerprint density at radius 1 is 1.52 bits per heavy atom. The molecule has 1 aliphatic heterocycles. The Labute approximate surface area is 133 Å². The van der Waals surface area contributed by atoms with Gasteiger partial charge in [0.2, 0.25) is 5.91 Å². The minimum atomic E-state index is -0.848. The van der Waals surface area contributed by atoms with Gasteiger partial charge in [-0.1, -0.05) is 13.8 Å². The van der Waals surface area contributed by atoms with E-state index in [-0.39, 0.29) is 42.0 Å². The third-order valence-electron chi connectivity index (χ3n) is 5.12. The first-order valence-corrected chi connectivity index (χ1v) is 7.66. The van der Waals surface area contributed by atoms with E-state index in [4.69, 9.17) is 15.2 Å². The van der Waals surface area contributed by atoms with E-state index >= 15 is 0 Å². The van der Waals surface area contributed by atoms with Crippen LogP contribution in [0.3, 0.4) is 0 Å². The Morgan fingerprint density at radius 3 is 2.67 bits per heavy atom. The molecule has 6 heteroatoms. The summed E-state index contributed by atoms with van der Waals surface area (Å²) in [5.41, 5.74) is 5.17. The number of hydrogen-bond acceptors (Lipinski definition) is 4. The number of amides is 1.